The highest BCUT2D eigenvalue weighted by molar-refractivity contribution is 7.98. The van der Waals surface area contributed by atoms with Crippen molar-refractivity contribution in [3.63, 3.8) is 0 Å². The third kappa shape index (κ3) is 41.5. The molecule has 0 aliphatic carbocycles. The summed E-state index contributed by atoms with van der Waals surface area (Å²) in [6.07, 6.45) is -1.91. The molecule has 1 saturated heterocycles. The summed E-state index contributed by atoms with van der Waals surface area (Å²) in [5.41, 5.74) is 19.9. The summed E-state index contributed by atoms with van der Waals surface area (Å²) in [4.78, 5) is 249. The predicted octanol–water partition coefficient (Wildman–Crippen LogP) is -0.536. The number of hydrogen-bond donors (Lipinski definition) is 20. The van der Waals surface area contributed by atoms with Crippen LogP contribution in [-0.2, 0) is 127 Å². The molecule has 132 heavy (non-hydrogen) atoms. The number of thioether (sulfide) groups is 2. The van der Waals surface area contributed by atoms with Crippen molar-refractivity contribution < 1.29 is 121 Å². The number of carbonyl (C=O) groups is 18. The van der Waals surface area contributed by atoms with Crippen molar-refractivity contribution in [3.8, 4) is 11.5 Å². The molecular weight excluding hydrogens is 1780 g/mol. The smallest absolute Gasteiger partial charge is 0.326 e. The molecule has 0 saturated carbocycles. The van der Waals surface area contributed by atoms with E-state index >= 15 is 19.2 Å². The molecule has 2 bridgehead atoms. The summed E-state index contributed by atoms with van der Waals surface area (Å²) in [5.74, 6) is -17.9. The van der Waals surface area contributed by atoms with Crippen molar-refractivity contribution in [2.45, 2.75) is 219 Å². The second-order valence-electron chi connectivity index (χ2n) is 31.6. The number of unbranched alkanes of at least 4 members (excludes halogenated alkanes) is 4. The van der Waals surface area contributed by atoms with Crippen LogP contribution in [0.5, 0.6) is 11.5 Å². The normalized spacial score (nSPS) is 18.2. The van der Waals surface area contributed by atoms with Gasteiger partial charge in [-0.3, -0.25) is 81.5 Å². The Labute approximate surface area is 776 Å². The molecule has 3 aliphatic heterocycles. The van der Waals surface area contributed by atoms with E-state index in [1.807, 2.05) is 24.3 Å². The van der Waals surface area contributed by atoms with Gasteiger partial charge in [0.25, 0.3) is 0 Å². The minimum absolute atomic E-state index is 0.0741. The molecule has 23 N–H and O–H groups in total. The van der Waals surface area contributed by atoms with Crippen LogP contribution in [0, 0.1) is 0 Å². The van der Waals surface area contributed by atoms with E-state index < -0.39 is 231 Å². The van der Waals surface area contributed by atoms with Crippen molar-refractivity contribution in [1.82, 2.24) is 68.7 Å². The lowest BCUT2D eigenvalue weighted by Gasteiger charge is -2.31. The van der Waals surface area contributed by atoms with Gasteiger partial charge in [-0.2, -0.15) is 23.5 Å². The van der Waals surface area contributed by atoms with Crippen LogP contribution in [0.4, 0.5) is 0 Å². The molecule has 1 fully saturated rings. The van der Waals surface area contributed by atoms with E-state index in [0.717, 1.165) is 41.7 Å². The minimum Gasteiger partial charge on any atom is -0.508 e. The first-order valence-corrected chi connectivity index (χ1v) is 46.4. The van der Waals surface area contributed by atoms with Gasteiger partial charge in [-0.1, -0.05) is 91.7 Å². The van der Waals surface area contributed by atoms with Crippen LogP contribution in [0.15, 0.2) is 103 Å². The van der Waals surface area contributed by atoms with Crippen LogP contribution in [0.3, 0.4) is 0 Å². The number of primary amides is 2. The number of nitrogens with zero attached hydrogens (tertiary/aromatic N) is 1. The van der Waals surface area contributed by atoms with Crippen molar-refractivity contribution in [2.24, 2.45) is 17.2 Å². The Morgan fingerprint density at radius 1 is 0.492 bits per heavy atom. The van der Waals surface area contributed by atoms with Crippen LogP contribution in [-0.4, -0.2) is 273 Å². The molecule has 7 rings (SSSR count). The van der Waals surface area contributed by atoms with Gasteiger partial charge in [0.15, 0.2) is 0 Å². The van der Waals surface area contributed by atoms with Crippen molar-refractivity contribution >= 4 is 142 Å². The molecule has 15 amide bonds. The number of likely N-dealkylation sites (tertiary alicyclic amines) is 1. The molecule has 722 valence electrons. The maximum absolute atomic E-state index is 15.3. The Kier molecular flexibility index (Phi) is 48.7. The van der Waals surface area contributed by atoms with Crippen molar-refractivity contribution in [1.29, 1.82) is 0 Å². The van der Waals surface area contributed by atoms with Crippen LogP contribution in [0.25, 0.3) is 0 Å². The summed E-state index contributed by atoms with van der Waals surface area (Å²) in [7, 11) is 0. The SMILES string of the molecule is NCCCC[C@@H]1NC(=O)[C@H](Cc2ccc(O)cc2)NC(=O)[C@@H](NC(=O)[C@@H]2CCCN2C(=O)[C@H](CC(N)=O)NC(=O)[C@H](CCC(=O)O)NC(=O)[C@H](Cc2ccc(O)cc2)NC(=O)CNC(=O)[C@H](CC(N)=O)NC(=O)CCC(=O)NCCOCCOCCCCCCCl)CCSCc2ccc(cc2)CSCC[C@@H](C(=O)N[C@H](CCC(=O)O)C(=O)O)NC(=O)[C@H](Cc2ccccc2)NC1=O. The van der Waals surface area contributed by atoms with Gasteiger partial charge < -0.3 is 121 Å². The number of benzene rings is 4. The van der Waals surface area contributed by atoms with Gasteiger partial charge in [-0.15, -0.1) is 11.6 Å². The zero-order valence-corrected chi connectivity index (χ0v) is 75.6. The molecular formula is C88H121ClN16O25S2. The Hall–Kier alpha value is -12.2. The standard InChI is InChI=1S/C88H121ClN16O25S2/c89-35-7-1-2-9-39-129-41-42-130-40-37-93-73(110)29-30-74(111)95-68(48-71(91)108)78(117)94-50-75(112)96-65(46-54-19-23-58(106)24-20-54)83(122)98-61(27-31-76(113)114)80(119)104-69(49-72(92)109)87(126)105-38-10-14-70(105)86(125)100-63-34-44-132-52-57-17-15-56(16-18-57)51-131-43-33-62(81(120)101-64(88(127)128)28-32-77(115)116)99-85(124)66(45-53-11-4-3-5-12-53)102-79(118)60(13-6-8-36-90)97-84(123)67(103-82(63)121)47-55-21-25-59(107)26-22-55/h3-5,11-12,15-26,60-70,106-107H,1-2,6-10,13-14,27-52,90H2,(H2,91,108)(H2,92,109)(H,93,110)(H,94,117)(H,95,111)(H,96,112)(H,97,123)(H,98,122)(H,99,124)(H,100,125)(H,101,120)(H,102,118)(H,103,121)(H,104,119)(H,113,114)(H,115,116)(H,127,128)/t60-,61-,62-,63-,64+,65-,66-,67-,68-,69-,70-/m0/s1. The first-order chi connectivity index (χ1) is 63.2. The largest absolute Gasteiger partial charge is 0.508 e. The fraction of sp³-hybridized carbons (Fsp3) is 0.523. The highest BCUT2D eigenvalue weighted by Crippen LogP contribution is 2.24. The van der Waals surface area contributed by atoms with E-state index in [2.05, 4.69) is 63.8 Å². The van der Waals surface area contributed by atoms with Gasteiger partial charge in [0.2, 0.25) is 88.6 Å². The average Bonchev–Trinajstić information content (AvgIpc) is 1.64. The molecule has 4 aromatic rings. The number of aromatic hydroxyl groups is 2. The number of nitrogens with two attached hydrogens (primary N) is 3. The van der Waals surface area contributed by atoms with E-state index in [-0.39, 0.29) is 119 Å². The van der Waals surface area contributed by atoms with Gasteiger partial charge in [-0.05, 0) is 141 Å². The number of aliphatic carboxylic acids is 3. The molecule has 0 radical (unpaired) electrons. The summed E-state index contributed by atoms with van der Waals surface area (Å²) in [6, 6.07) is 8.78. The van der Waals surface area contributed by atoms with Gasteiger partial charge in [-0.25, -0.2) is 4.79 Å². The van der Waals surface area contributed by atoms with Gasteiger partial charge in [0, 0.05) is 82.0 Å². The number of hydrogen-bond acceptors (Lipinski definition) is 25. The first-order valence-electron chi connectivity index (χ1n) is 43.5. The lowest BCUT2D eigenvalue weighted by molar-refractivity contribution is -0.144. The maximum Gasteiger partial charge on any atom is 0.326 e. The number of fused-ring (bicyclic) bond motifs is 22. The number of alkyl halides is 1. The number of amides is 15. The Balaban J connectivity index is 1.22. The third-order valence-electron chi connectivity index (χ3n) is 21.0. The second-order valence-corrected chi connectivity index (χ2v) is 34.2. The van der Waals surface area contributed by atoms with Crippen LogP contribution in [0.1, 0.15) is 150 Å². The topological polar surface area (TPSA) is 653 Å². The van der Waals surface area contributed by atoms with Gasteiger partial charge in [0.05, 0.1) is 39.2 Å². The minimum atomic E-state index is -1.94. The average molecular weight is 1900 g/mol. The van der Waals surface area contributed by atoms with Crippen molar-refractivity contribution in [3.05, 3.63) is 131 Å². The van der Waals surface area contributed by atoms with Gasteiger partial charge in [0.1, 0.15) is 78.0 Å². The molecule has 0 spiro atoms. The van der Waals surface area contributed by atoms with E-state index in [4.69, 9.17) is 38.3 Å². The summed E-state index contributed by atoms with van der Waals surface area (Å²) >= 11 is 8.42. The van der Waals surface area contributed by atoms with E-state index in [0.29, 0.717) is 48.1 Å². The van der Waals surface area contributed by atoms with E-state index in [1.165, 1.54) is 72.1 Å². The number of phenols is 2. The van der Waals surface area contributed by atoms with Gasteiger partial charge >= 0.3 is 17.9 Å². The zero-order valence-electron chi connectivity index (χ0n) is 73.2. The zero-order chi connectivity index (χ0) is 96.4. The molecule has 3 aliphatic rings. The fourth-order valence-corrected chi connectivity index (χ4v) is 16.1. The second kappa shape index (κ2) is 59.3. The first kappa shape index (κ1) is 109. The van der Waals surface area contributed by atoms with Crippen LogP contribution >= 0.6 is 35.1 Å². The third-order valence-corrected chi connectivity index (χ3v) is 23.4. The van der Waals surface area contributed by atoms with Crippen molar-refractivity contribution in [2.75, 3.05) is 70.0 Å². The van der Waals surface area contributed by atoms with E-state index in [9.17, 15) is 92.7 Å². The Bertz CT molecular complexity index is 4510. The monoisotopic (exact) mass is 1900 g/mol. The fourth-order valence-electron chi connectivity index (χ4n) is 13.9. The number of rotatable bonds is 50. The number of carboxylic acid groups (broad SMARTS) is 3. The number of carboxylic acids is 3. The molecule has 4 aromatic carbocycles. The number of halogens is 1. The molecule has 0 unspecified atom stereocenters. The summed E-state index contributed by atoms with van der Waals surface area (Å²) in [5, 5.41) is 80.1. The Morgan fingerprint density at radius 3 is 1.63 bits per heavy atom. The lowest BCUT2D eigenvalue weighted by Crippen LogP contribution is -2.61. The highest BCUT2D eigenvalue weighted by Gasteiger charge is 2.42. The quantitative estimate of drug-likeness (QED) is 0.0150. The van der Waals surface area contributed by atoms with E-state index in [1.54, 1.807) is 30.3 Å². The Morgan fingerprint density at radius 2 is 1.02 bits per heavy atom. The molecule has 44 heteroatoms. The highest BCUT2D eigenvalue weighted by atomic mass is 35.5. The molecule has 11 atom stereocenters. The number of phenolic OH excluding ortho intramolecular Hbond substituents is 2. The molecule has 0 aromatic heterocycles. The van der Waals surface area contributed by atoms with Crippen LogP contribution in [0.2, 0.25) is 0 Å². The number of nitrogens with one attached hydrogen (secondary N) is 12. The lowest BCUT2D eigenvalue weighted by atomic mass is 10.0. The number of ether oxygens (including phenoxy) is 2. The summed E-state index contributed by atoms with van der Waals surface area (Å²) in [6.45, 7) is 0.486. The maximum atomic E-state index is 15.3. The van der Waals surface area contributed by atoms with Crippen LogP contribution < -0.4 is 81.0 Å². The summed E-state index contributed by atoms with van der Waals surface area (Å²) < 4.78 is 11.0. The molecule has 3 heterocycles. The molecule has 41 nitrogen and oxygen atoms in total. The predicted molar refractivity (Wildman–Crippen MR) is 484 cm³/mol. The number of carbonyl (C=O) groups excluding carboxylic acids is 15.